The number of carboxylic acids is 1. The van der Waals surface area contributed by atoms with E-state index in [2.05, 4.69) is 30.2 Å². The topological polar surface area (TPSA) is 262 Å². The largest absolute Gasteiger partial charge is 0.477 e. The van der Waals surface area contributed by atoms with Crippen LogP contribution in [0.15, 0.2) is 39.0 Å². The molecule has 1 saturated heterocycles. The fraction of sp³-hybridized carbons (Fsp3) is 0.458. The first-order chi connectivity index (χ1) is 21.2. The number of nitrogens with two attached hydrogens (primary N) is 3. The number of carbonyl (C=O) groups is 4. The van der Waals surface area contributed by atoms with E-state index in [-0.39, 0.29) is 28.3 Å². The van der Waals surface area contributed by atoms with Crippen molar-refractivity contribution in [2.45, 2.75) is 47.0 Å². The molecule has 4 heterocycles. The first-order valence-electron chi connectivity index (χ1n) is 13.2. The fourth-order valence-electron chi connectivity index (χ4n) is 4.24. The summed E-state index contributed by atoms with van der Waals surface area (Å²) in [5.41, 5.74) is 17.4. The number of β-lactam (4-membered cyclic amide) rings is 1. The number of pyridine rings is 1. The zero-order valence-electron chi connectivity index (χ0n) is 23.1. The number of hydrogen-bond donors (Lipinski definition) is 6. The highest BCUT2D eigenvalue weighted by atomic mass is 32.2. The van der Waals surface area contributed by atoms with E-state index in [0.29, 0.717) is 42.3 Å². The van der Waals surface area contributed by atoms with Gasteiger partial charge >= 0.3 is 5.97 Å². The molecule has 2 aliphatic heterocycles. The summed E-state index contributed by atoms with van der Waals surface area (Å²) in [4.78, 5) is 72.1. The summed E-state index contributed by atoms with van der Waals surface area (Å²) >= 11 is 4.84. The number of thioether (sulfide) groups is 3. The predicted molar refractivity (Wildman–Crippen MR) is 168 cm³/mol. The monoisotopic (exact) mass is 682 g/mol. The minimum absolute atomic E-state index is 0.0511. The van der Waals surface area contributed by atoms with Gasteiger partial charge in [0.2, 0.25) is 11.9 Å². The van der Waals surface area contributed by atoms with E-state index >= 15 is 0 Å². The molecule has 0 bridgehead atoms. The SMILES string of the molecule is NCCC[C@H](N)C(=O)NCCSCc1ncccc1SC1=C(C(=O)O)N2C(=O)C(NC(=O)C(N=O)c3nsc(N)n3)C2SC1. The third kappa shape index (κ3) is 7.85. The van der Waals surface area contributed by atoms with E-state index in [1.54, 1.807) is 24.0 Å². The third-order valence-corrected chi connectivity index (χ3v) is 10.6. The number of rotatable bonds is 16. The lowest BCUT2D eigenvalue weighted by Crippen LogP contribution is -2.70. The number of fused-ring (bicyclic) bond motifs is 1. The Hall–Kier alpha value is -3.30. The first kappa shape index (κ1) is 33.6. The minimum Gasteiger partial charge on any atom is -0.477 e. The van der Waals surface area contributed by atoms with E-state index in [4.69, 9.17) is 17.2 Å². The van der Waals surface area contributed by atoms with Crippen molar-refractivity contribution < 1.29 is 24.3 Å². The molecule has 4 atom stereocenters. The van der Waals surface area contributed by atoms with Gasteiger partial charge in [-0.3, -0.25) is 24.3 Å². The van der Waals surface area contributed by atoms with Crippen molar-refractivity contribution in [3.8, 4) is 0 Å². The molecule has 0 radical (unpaired) electrons. The van der Waals surface area contributed by atoms with Crippen LogP contribution in [0.25, 0.3) is 0 Å². The van der Waals surface area contributed by atoms with Crippen molar-refractivity contribution in [3.63, 3.8) is 0 Å². The van der Waals surface area contributed by atoms with Crippen LogP contribution in [-0.2, 0) is 24.9 Å². The molecule has 0 aliphatic carbocycles. The van der Waals surface area contributed by atoms with E-state index in [1.165, 1.54) is 23.5 Å². The molecule has 0 spiro atoms. The van der Waals surface area contributed by atoms with Gasteiger partial charge in [0.1, 0.15) is 17.1 Å². The molecule has 16 nitrogen and oxygen atoms in total. The maximum atomic E-state index is 13.1. The number of nitrogens with zero attached hydrogens (tertiary/aromatic N) is 5. The Labute approximate surface area is 268 Å². The lowest BCUT2D eigenvalue weighted by Gasteiger charge is -2.49. The molecule has 4 rings (SSSR count). The number of aromatic nitrogens is 3. The first-order valence-corrected chi connectivity index (χ1v) is 17.0. The van der Waals surface area contributed by atoms with Crippen molar-refractivity contribution in [1.29, 1.82) is 0 Å². The van der Waals surface area contributed by atoms with Gasteiger partial charge in [0.25, 0.3) is 11.8 Å². The molecule has 44 heavy (non-hydrogen) atoms. The summed E-state index contributed by atoms with van der Waals surface area (Å²) in [6, 6.07) is 0.304. The van der Waals surface area contributed by atoms with Crippen LogP contribution in [0.2, 0.25) is 0 Å². The van der Waals surface area contributed by atoms with Crippen LogP contribution in [0.1, 0.15) is 30.4 Å². The molecule has 3 unspecified atom stereocenters. The van der Waals surface area contributed by atoms with Gasteiger partial charge in [0.15, 0.2) is 11.0 Å². The van der Waals surface area contributed by atoms with Crippen LogP contribution < -0.4 is 27.8 Å². The average molecular weight is 683 g/mol. The number of nitrogens with one attached hydrogen (secondary N) is 2. The second-order valence-electron chi connectivity index (χ2n) is 9.40. The molecule has 2 aromatic rings. The maximum absolute atomic E-state index is 13.1. The van der Waals surface area contributed by atoms with Crippen molar-refractivity contribution in [1.82, 2.24) is 29.9 Å². The summed E-state index contributed by atoms with van der Waals surface area (Å²) in [5.74, 6) is -1.83. The Morgan fingerprint density at radius 2 is 2.09 bits per heavy atom. The molecule has 1 fully saturated rings. The standard InChI is InChI=1S/C24H30N10O6S4/c25-5-1-3-11(26)19(35)29-7-8-41-9-12-13(4-2-6-28-12)43-14-10-42-22-16(21(37)34(22)17(14)23(38)39)30-20(36)15(32-40)18-31-24(27)44-33-18/h2,4,6,11,15-16,22H,1,3,5,7-10,25-26H2,(H,29,35)(H,30,36)(H,38,39)(H2,27,31,33)/t11-,15?,16?,22?/m0/s1. The molecule has 0 aromatic carbocycles. The van der Waals surface area contributed by atoms with Gasteiger partial charge in [0.05, 0.1) is 11.7 Å². The quantitative estimate of drug-likeness (QED) is 0.0786. The van der Waals surface area contributed by atoms with Crippen molar-refractivity contribution >= 4 is 75.6 Å². The third-order valence-electron chi connectivity index (χ3n) is 6.41. The predicted octanol–water partition coefficient (Wildman–Crippen LogP) is 0.227. The summed E-state index contributed by atoms with van der Waals surface area (Å²) in [6.07, 6.45) is 2.83. The minimum atomic E-state index is -1.60. The Bertz CT molecular complexity index is 1440. The molecule has 3 amide bonds. The number of carboxylic acid groups (broad SMARTS) is 1. The van der Waals surface area contributed by atoms with Crippen LogP contribution >= 0.6 is 46.8 Å². The summed E-state index contributed by atoms with van der Waals surface area (Å²) in [6.45, 7) is 0.899. The summed E-state index contributed by atoms with van der Waals surface area (Å²) in [7, 11) is 0. The Morgan fingerprint density at radius 1 is 1.30 bits per heavy atom. The zero-order chi connectivity index (χ0) is 31.8. The smallest absolute Gasteiger partial charge is 0.353 e. The van der Waals surface area contributed by atoms with Crippen molar-refractivity contribution in [2.75, 3.05) is 30.3 Å². The second-order valence-corrected chi connectivity index (χ2v) is 13.5. The number of anilines is 1. The lowest BCUT2D eigenvalue weighted by molar-refractivity contribution is -0.150. The van der Waals surface area contributed by atoms with E-state index in [9.17, 15) is 29.2 Å². The van der Waals surface area contributed by atoms with Crippen molar-refractivity contribution in [3.05, 3.63) is 45.4 Å². The normalized spacial score (nSPS) is 19.0. The highest BCUT2D eigenvalue weighted by Gasteiger charge is 2.55. The molecule has 2 aliphatic rings. The molecule has 20 heteroatoms. The number of nitroso groups, excluding NO2 is 1. The fourth-order valence-corrected chi connectivity index (χ4v) is 8.18. The Morgan fingerprint density at radius 3 is 2.77 bits per heavy atom. The van der Waals surface area contributed by atoms with Crippen LogP contribution in [0, 0.1) is 4.91 Å². The summed E-state index contributed by atoms with van der Waals surface area (Å²) in [5, 5.41) is 17.5. The molecule has 2 aromatic heterocycles. The van der Waals surface area contributed by atoms with Gasteiger partial charge in [0, 0.05) is 51.3 Å². The van der Waals surface area contributed by atoms with E-state index in [1.807, 2.05) is 6.07 Å². The highest BCUT2D eigenvalue weighted by molar-refractivity contribution is 8.06. The maximum Gasteiger partial charge on any atom is 0.353 e. The number of hydrogen-bond acceptors (Lipinski definition) is 16. The molecular weight excluding hydrogens is 653 g/mol. The summed E-state index contributed by atoms with van der Waals surface area (Å²) < 4.78 is 3.83. The van der Waals surface area contributed by atoms with Gasteiger partial charge in [-0.25, -0.2) is 9.78 Å². The van der Waals surface area contributed by atoms with E-state index in [0.717, 1.165) is 27.0 Å². The van der Waals surface area contributed by atoms with Crippen LogP contribution in [0.3, 0.4) is 0 Å². The molecular formula is C24H30N10O6S4. The van der Waals surface area contributed by atoms with Gasteiger partial charge in [-0.2, -0.15) is 16.1 Å². The number of carbonyl (C=O) groups excluding carboxylic acids is 3. The van der Waals surface area contributed by atoms with Crippen LogP contribution in [0.4, 0.5) is 5.13 Å². The van der Waals surface area contributed by atoms with Gasteiger partial charge < -0.3 is 32.9 Å². The van der Waals surface area contributed by atoms with Gasteiger partial charge in [-0.15, -0.1) is 16.7 Å². The van der Waals surface area contributed by atoms with Crippen molar-refractivity contribution in [2.24, 2.45) is 16.6 Å². The second kappa shape index (κ2) is 15.6. The van der Waals surface area contributed by atoms with Crippen LogP contribution in [-0.4, -0.2) is 90.1 Å². The van der Waals surface area contributed by atoms with Crippen LogP contribution in [0.5, 0.6) is 0 Å². The molecule has 0 saturated carbocycles. The Balaban J connectivity index is 1.37. The van der Waals surface area contributed by atoms with E-state index < -0.39 is 41.3 Å². The lowest BCUT2D eigenvalue weighted by atomic mass is 10.0. The van der Waals surface area contributed by atoms with Gasteiger partial charge in [-0.1, -0.05) is 11.8 Å². The average Bonchev–Trinajstić information content (AvgIpc) is 3.44. The zero-order valence-corrected chi connectivity index (χ0v) is 26.3. The Kier molecular flexibility index (Phi) is 11.9. The number of aliphatic carboxylic acids is 1. The number of amides is 3. The van der Waals surface area contributed by atoms with Gasteiger partial charge in [-0.05, 0) is 36.7 Å². The highest BCUT2D eigenvalue weighted by Crippen LogP contribution is 2.45. The molecule has 236 valence electrons. The molecule has 9 N–H and O–H groups in total. The number of nitrogen functional groups attached to an aromatic ring is 1.